The van der Waals surface area contributed by atoms with Crippen LogP contribution in [0.25, 0.3) is 6.08 Å². The molecule has 7 heteroatoms. The van der Waals surface area contributed by atoms with Gasteiger partial charge >= 0.3 is 6.09 Å². The van der Waals surface area contributed by atoms with E-state index in [2.05, 4.69) is 17.2 Å². The molecule has 0 radical (unpaired) electrons. The van der Waals surface area contributed by atoms with Crippen molar-refractivity contribution in [3.8, 4) is 0 Å². The number of carbonyl (C=O) groups excluding carboxylic acids is 3. The highest BCUT2D eigenvalue weighted by atomic mass is 16.6. The number of nitrogens with zero attached hydrogens (tertiary/aromatic N) is 1. The van der Waals surface area contributed by atoms with Crippen LogP contribution in [0.3, 0.4) is 0 Å². The topological polar surface area (TPSA) is 87.7 Å². The average molecular weight is 480 g/mol. The van der Waals surface area contributed by atoms with Crippen molar-refractivity contribution in [2.45, 2.75) is 72.2 Å². The molecular weight excluding hydrogens is 442 g/mol. The summed E-state index contributed by atoms with van der Waals surface area (Å²) in [5, 5.41) is 5.57. The first-order valence-electron chi connectivity index (χ1n) is 11.7. The van der Waals surface area contributed by atoms with E-state index in [0.717, 1.165) is 11.1 Å². The zero-order valence-corrected chi connectivity index (χ0v) is 21.7. The molecule has 0 aliphatic rings. The van der Waals surface area contributed by atoms with Gasteiger partial charge in [0.15, 0.2) is 0 Å². The predicted molar refractivity (Wildman–Crippen MR) is 140 cm³/mol. The van der Waals surface area contributed by atoms with Gasteiger partial charge in [-0.15, -0.1) is 0 Å². The number of aryl methyl sites for hydroxylation is 1. The minimum Gasteiger partial charge on any atom is -0.444 e. The predicted octanol–water partition coefficient (Wildman–Crippen LogP) is 5.47. The summed E-state index contributed by atoms with van der Waals surface area (Å²) >= 11 is 0. The first-order valence-corrected chi connectivity index (χ1v) is 11.7. The van der Waals surface area contributed by atoms with Crippen molar-refractivity contribution in [1.29, 1.82) is 0 Å². The van der Waals surface area contributed by atoms with Crippen LogP contribution in [0.15, 0.2) is 55.1 Å². The largest absolute Gasteiger partial charge is 0.444 e. The third-order valence-corrected chi connectivity index (χ3v) is 5.31. The van der Waals surface area contributed by atoms with Gasteiger partial charge in [0.05, 0.1) is 0 Å². The van der Waals surface area contributed by atoms with Crippen LogP contribution in [-0.4, -0.2) is 40.5 Å². The molecule has 0 saturated carbocycles. The Morgan fingerprint density at radius 2 is 1.69 bits per heavy atom. The molecule has 0 aliphatic carbocycles. The molecule has 2 N–H and O–H groups in total. The van der Waals surface area contributed by atoms with E-state index in [4.69, 9.17) is 4.74 Å². The van der Waals surface area contributed by atoms with Gasteiger partial charge in [-0.1, -0.05) is 49.1 Å². The van der Waals surface area contributed by atoms with E-state index < -0.39 is 29.7 Å². The van der Waals surface area contributed by atoms with Gasteiger partial charge in [-0.25, -0.2) is 4.79 Å². The van der Waals surface area contributed by atoms with Gasteiger partial charge in [0.25, 0.3) is 5.91 Å². The number of anilines is 1. The molecule has 2 aromatic carbocycles. The number of hydrogen-bond donors (Lipinski definition) is 2. The molecular formula is C28H37N3O4. The number of amides is 3. The second-order valence-corrected chi connectivity index (χ2v) is 9.79. The second kappa shape index (κ2) is 11.7. The Labute approximate surface area is 208 Å². The lowest BCUT2D eigenvalue weighted by Gasteiger charge is -2.36. The molecule has 0 aliphatic heterocycles. The van der Waals surface area contributed by atoms with Gasteiger partial charge in [-0.2, -0.15) is 0 Å². The highest BCUT2D eigenvalue weighted by molar-refractivity contribution is 5.99. The molecule has 188 valence electrons. The number of carbonyl (C=O) groups is 3. The Morgan fingerprint density at radius 1 is 1.03 bits per heavy atom. The van der Waals surface area contributed by atoms with Crippen LogP contribution in [0.1, 0.15) is 64.3 Å². The van der Waals surface area contributed by atoms with Crippen molar-refractivity contribution in [1.82, 2.24) is 10.2 Å². The van der Waals surface area contributed by atoms with Crippen molar-refractivity contribution in [2.75, 3.05) is 5.32 Å². The van der Waals surface area contributed by atoms with Gasteiger partial charge in [-0.3, -0.25) is 9.59 Å². The van der Waals surface area contributed by atoms with Crippen LogP contribution in [0.4, 0.5) is 10.5 Å². The molecule has 0 heterocycles. The molecule has 7 nitrogen and oxygen atoms in total. The van der Waals surface area contributed by atoms with Crippen molar-refractivity contribution in [3.05, 3.63) is 71.8 Å². The summed E-state index contributed by atoms with van der Waals surface area (Å²) < 4.78 is 5.30. The Hall–Kier alpha value is -3.61. The molecule has 0 spiro atoms. The first kappa shape index (κ1) is 27.6. The maximum absolute atomic E-state index is 13.7. The third kappa shape index (κ3) is 7.70. The SMILES string of the molecule is C=Cc1cccc(C(C(=O)Nc2ccccc2C)N(C(=O)C(C)NC(=O)OC(C)(C)C)C(C)C)c1. The lowest BCUT2D eigenvalue weighted by Crippen LogP contribution is -2.53. The number of rotatable bonds is 8. The molecule has 0 fully saturated rings. The molecule has 2 unspecified atom stereocenters. The van der Waals surface area contributed by atoms with Gasteiger partial charge in [-0.05, 0) is 77.3 Å². The standard InChI is InChI=1S/C28H37N3O4/c1-9-21-14-12-15-22(17-21)24(25(32)30-23-16-11-10-13-19(23)4)31(18(2)3)26(33)20(5)29-27(34)35-28(6,7)8/h9-18,20,24H,1H2,2-8H3,(H,29,34)(H,30,32). The van der Waals surface area contributed by atoms with Gasteiger partial charge in [0, 0.05) is 11.7 Å². The van der Waals surface area contributed by atoms with Crippen LogP contribution >= 0.6 is 0 Å². The summed E-state index contributed by atoms with van der Waals surface area (Å²) in [6.45, 7) is 16.2. The van der Waals surface area contributed by atoms with Crippen LogP contribution in [0.5, 0.6) is 0 Å². The van der Waals surface area contributed by atoms with Gasteiger partial charge in [0.2, 0.25) is 5.91 Å². The van der Waals surface area contributed by atoms with Crippen molar-refractivity contribution in [3.63, 3.8) is 0 Å². The third-order valence-electron chi connectivity index (χ3n) is 5.31. The van der Waals surface area contributed by atoms with E-state index in [-0.39, 0.29) is 11.9 Å². The monoisotopic (exact) mass is 479 g/mol. The maximum Gasteiger partial charge on any atom is 0.408 e. The van der Waals surface area contributed by atoms with Gasteiger partial charge < -0.3 is 20.3 Å². The lowest BCUT2D eigenvalue weighted by atomic mass is 9.99. The summed E-state index contributed by atoms with van der Waals surface area (Å²) in [6, 6.07) is 12.6. The van der Waals surface area contributed by atoms with E-state index in [9.17, 15) is 14.4 Å². The average Bonchev–Trinajstić information content (AvgIpc) is 2.76. The number of para-hydroxylation sites is 1. The number of benzene rings is 2. The highest BCUT2D eigenvalue weighted by Gasteiger charge is 2.36. The molecule has 0 bridgehead atoms. The Morgan fingerprint density at radius 3 is 2.26 bits per heavy atom. The Kier molecular flexibility index (Phi) is 9.23. The van der Waals surface area contributed by atoms with Gasteiger partial charge in [0.1, 0.15) is 17.7 Å². The van der Waals surface area contributed by atoms with Crippen LogP contribution in [0, 0.1) is 6.92 Å². The molecule has 35 heavy (non-hydrogen) atoms. The van der Waals surface area contributed by atoms with Crippen molar-refractivity contribution >= 4 is 29.7 Å². The van der Waals surface area contributed by atoms with E-state index in [1.54, 1.807) is 33.8 Å². The van der Waals surface area contributed by atoms with E-state index in [0.29, 0.717) is 11.3 Å². The number of nitrogens with one attached hydrogen (secondary N) is 2. The van der Waals surface area contributed by atoms with Crippen LogP contribution in [-0.2, 0) is 14.3 Å². The Bertz CT molecular complexity index is 1070. The maximum atomic E-state index is 13.7. The van der Waals surface area contributed by atoms with E-state index in [1.807, 2.05) is 69.3 Å². The summed E-state index contributed by atoms with van der Waals surface area (Å²) in [5.41, 5.74) is 2.33. The zero-order valence-electron chi connectivity index (χ0n) is 21.7. The van der Waals surface area contributed by atoms with Crippen LogP contribution < -0.4 is 10.6 Å². The smallest absolute Gasteiger partial charge is 0.408 e. The second-order valence-electron chi connectivity index (χ2n) is 9.79. The normalized spacial score (nSPS) is 12.9. The fourth-order valence-electron chi connectivity index (χ4n) is 3.66. The molecule has 3 amide bonds. The van der Waals surface area contributed by atoms with Crippen molar-refractivity contribution < 1.29 is 19.1 Å². The van der Waals surface area contributed by atoms with E-state index >= 15 is 0 Å². The molecule has 2 rings (SSSR count). The summed E-state index contributed by atoms with van der Waals surface area (Å²) in [4.78, 5) is 41.1. The lowest BCUT2D eigenvalue weighted by molar-refractivity contribution is -0.142. The number of ether oxygens (including phenoxy) is 1. The number of hydrogen-bond acceptors (Lipinski definition) is 4. The molecule has 2 aromatic rings. The summed E-state index contributed by atoms with van der Waals surface area (Å²) in [6.07, 6.45) is 0.991. The molecule has 0 saturated heterocycles. The number of alkyl carbamates (subject to hydrolysis) is 1. The summed E-state index contributed by atoms with van der Waals surface area (Å²) in [5.74, 6) is -0.758. The fraction of sp³-hybridized carbons (Fsp3) is 0.393. The Balaban J connectivity index is 2.46. The quantitative estimate of drug-likeness (QED) is 0.526. The minimum absolute atomic E-state index is 0.342. The van der Waals surface area contributed by atoms with Crippen LogP contribution in [0.2, 0.25) is 0 Å². The first-order chi connectivity index (χ1) is 16.3. The summed E-state index contributed by atoms with van der Waals surface area (Å²) in [7, 11) is 0. The zero-order chi connectivity index (χ0) is 26.3. The molecule has 0 aromatic heterocycles. The molecule has 2 atom stereocenters. The highest BCUT2D eigenvalue weighted by Crippen LogP contribution is 2.28. The van der Waals surface area contributed by atoms with E-state index in [1.165, 1.54) is 4.90 Å². The fourth-order valence-corrected chi connectivity index (χ4v) is 3.66. The van der Waals surface area contributed by atoms with Crippen molar-refractivity contribution in [2.24, 2.45) is 0 Å². The minimum atomic E-state index is -0.940.